The van der Waals surface area contributed by atoms with Crippen LogP contribution in [-0.2, 0) is 20.2 Å². The fourth-order valence-corrected chi connectivity index (χ4v) is 2.37. The molecule has 122 valence electrons. The third-order valence-corrected chi connectivity index (χ3v) is 3.49. The normalized spacial score (nSPS) is 10.9. The molecule has 0 aliphatic rings. The molecule has 24 heavy (non-hydrogen) atoms. The second-order valence-electron chi connectivity index (χ2n) is 4.50. The van der Waals surface area contributed by atoms with Gasteiger partial charge in [-0.25, -0.2) is 0 Å². The Balaban J connectivity index is 2.66. The van der Waals surface area contributed by atoms with Gasteiger partial charge in [0.1, 0.15) is 0 Å². The van der Waals surface area contributed by atoms with Crippen molar-refractivity contribution in [3.63, 3.8) is 0 Å². The largest absolute Gasteiger partial charge is 0.335 e. The zero-order valence-electron chi connectivity index (χ0n) is 12.0. The molecule has 8 heteroatoms. The average molecular weight is 362 g/mol. The second-order valence-corrected chi connectivity index (χ2v) is 6.80. The van der Waals surface area contributed by atoms with Crippen molar-refractivity contribution in [1.29, 1.82) is 0 Å². The van der Waals surface area contributed by atoms with Crippen LogP contribution in [-0.4, -0.2) is 25.9 Å². The van der Waals surface area contributed by atoms with E-state index in [2.05, 4.69) is 11.8 Å². The van der Waals surface area contributed by atoms with Gasteiger partial charge in [0, 0.05) is 11.1 Å². The summed E-state index contributed by atoms with van der Waals surface area (Å²) < 4.78 is 60.7. The Morgan fingerprint density at radius 2 is 0.958 bits per heavy atom. The smallest absolute Gasteiger partial charge is 0.276 e. The van der Waals surface area contributed by atoms with Crippen LogP contribution in [0.1, 0.15) is 11.1 Å². The molecule has 0 unspecified atom stereocenters. The van der Waals surface area contributed by atoms with Crippen LogP contribution in [0.5, 0.6) is 0 Å². The molecular formula is C16H10O6S2. The number of benzene rings is 2. The molecule has 0 radical (unpaired) electrons. The van der Waals surface area contributed by atoms with Gasteiger partial charge < -0.3 is 0 Å². The van der Waals surface area contributed by atoms with Gasteiger partial charge in [0.2, 0.25) is 0 Å². The molecule has 2 N–H and O–H groups in total. The Hall–Kier alpha value is -2.62. The summed E-state index contributed by atoms with van der Waals surface area (Å²) >= 11 is 0. The standard InChI is InChI=1S/C16H10O6S2/c17-23(18,19)11-9-13-5-1-3-7-15(13)16-8-4-2-6-14(16)10-12-24(20,21)22/h1-8H,(H,17,18,19)(H,20,21,22). The van der Waals surface area contributed by atoms with Crippen LogP contribution in [0.25, 0.3) is 11.1 Å². The summed E-state index contributed by atoms with van der Waals surface area (Å²) in [7, 11) is -8.92. The van der Waals surface area contributed by atoms with Gasteiger partial charge in [-0.2, -0.15) is 16.8 Å². The molecule has 2 aromatic carbocycles. The molecule has 0 atom stereocenters. The Kier molecular flexibility index (Phi) is 5.07. The maximum absolute atomic E-state index is 10.8. The van der Waals surface area contributed by atoms with Crippen LogP contribution in [0.4, 0.5) is 0 Å². The monoisotopic (exact) mass is 362 g/mol. The molecule has 6 nitrogen and oxygen atoms in total. The van der Waals surface area contributed by atoms with Crippen LogP contribution in [0, 0.1) is 22.3 Å². The second kappa shape index (κ2) is 6.87. The lowest BCUT2D eigenvalue weighted by molar-refractivity contribution is 0.494. The van der Waals surface area contributed by atoms with Crippen molar-refractivity contribution < 1.29 is 25.9 Å². The first-order chi connectivity index (χ1) is 11.2. The van der Waals surface area contributed by atoms with Crippen molar-refractivity contribution in [3.8, 4) is 33.5 Å². The molecule has 0 bridgehead atoms. The first kappa shape index (κ1) is 17.7. The van der Waals surface area contributed by atoms with Gasteiger partial charge in [-0.1, -0.05) is 36.4 Å². The highest BCUT2D eigenvalue weighted by atomic mass is 32.2. The summed E-state index contributed by atoms with van der Waals surface area (Å²) in [6.45, 7) is 0. The van der Waals surface area contributed by atoms with Crippen molar-refractivity contribution in [3.05, 3.63) is 59.7 Å². The van der Waals surface area contributed by atoms with Crippen molar-refractivity contribution >= 4 is 20.2 Å². The lowest BCUT2D eigenvalue weighted by atomic mass is 9.96. The molecule has 2 rings (SSSR count). The molecule has 0 saturated carbocycles. The Bertz CT molecular complexity index is 1020. The minimum Gasteiger partial charge on any atom is -0.276 e. The Morgan fingerprint density at radius 3 is 1.29 bits per heavy atom. The van der Waals surface area contributed by atoms with Crippen LogP contribution in [0.3, 0.4) is 0 Å². The van der Waals surface area contributed by atoms with E-state index in [1.165, 1.54) is 0 Å². The fraction of sp³-hybridized carbons (Fsp3) is 0. The molecule has 0 aliphatic carbocycles. The van der Waals surface area contributed by atoms with Crippen molar-refractivity contribution in [2.75, 3.05) is 0 Å². The van der Waals surface area contributed by atoms with Gasteiger partial charge in [0.05, 0.1) is 10.5 Å². The highest BCUT2D eigenvalue weighted by Crippen LogP contribution is 2.26. The van der Waals surface area contributed by atoms with Crippen LogP contribution < -0.4 is 0 Å². The van der Waals surface area contributed by atoms with E-state index in [1.54, 1.807) is 59.0 Å². The molecule has 0 aromatic heterocycles. The third-order valence-electron chi connectivity index (χ3n) is 2.77. The Labute approximate surface area is 139 Å². The van der Waals surface area contributed by atoms with Gasteiger partial charge >= 0.3 is 20.2 Å². The predicted octanol–water partition coefficient (Wildman–Crippen LogP) is 1.75. The summed E-state index contributed by atoms with van der Waals surface area (Å²) in [5.41, 5.74) is 1.59. The van der Waals surface area contributed by atoms with Gasteiger partial charge in [0.15, 0.2) is 0 Å². The quantitative estimate of drug-likeness (QED) is 0.591. The zero-order chi connectivity index (χ0) is 17.8. The number of rotatable bonds is 1. The zero-order valence-corrected chi connectivity index (χ0v) is 13.6. The van der Waals surface area contributed by atoms with Crippen molar-refractivity contribution in [1.82, 2.24) is 0 Å². The van der Waals surface area contributed by atoms with Crippen LogP contribution >= 0.6 is 0 Å². The van der Waals surface area contributed by atoms with Crippen molar-refractivity contribution in [2.24, 2.45) is 0 Å². The van der Waals surface area contributed by atoms with E-state index in [0.717, 1.165) is 0 Å². The SMILES string of the molecule is O=S(=O)(O)C#Cc1ccccc1-c1ccccc1C#CS(=O)(=O)O. The minimum atomic E-state index is -4.46. The molecule has 0 fully saturated rings. The lowest BCUT2D eigenvalue weighted by Gasteiger charge is -2.07. The van der Waals surface area contributed by atoms with E-state index in [-0.39, 0.29) is 0 Å². The number of hydrogen-bond donors (Lipinski definition) is 2. The number of hydrogen-bond acceptors (Lipinski definition) is 4. The maximum atomic E-state index is 10.8. The summed E-state index contributed by atoms with van der Waals surface area (Å²) in [6, 6.07) is 13.0. The van der Waals surface area contributed by atoms with Crippen molar-refractivity contribution in [2.45, 2.75) is 0 Å². The predicted molar refractivity (Wildman–Crippen MR) is 88.7 cm³/mol. The topological polar surface area (TPSA) is 109 Å². The molecule has 0 saturated heterocycles. The van der Waals surface area contributed by atoms with E-state index in [0.29, 0.717) is 22.3 Å². The summed E-state index contributed by atoms with van der Waals surface area (Å²) in [5, 5.41) is 3.46. The average Bonchev–Trinajstić information content (AvgIpc) is 2.50. The summed E-state index contributed by atoms with van der Waals surface area (Å²) in [4.78, 5) is 0. The maximum Gasteiger partial charge on any atom is 0.335 e. The van der Waals surface area contributed by atoms with Gasteiger partial charge in [-0.05, 0) is 35.1 Å². The van der Waals surface area contributed by atoms with E-state index >= 15 is 0 Å². The van der Waals surface area contributed by atoms with Gasteiger partial charge in [-0.3, -0.25) is 9.11 Å². The summed E-state index contributed by atoms with van der Waals surface area (Å²) in [5.74, 6) is 4.69. The fourth-order valence-electron chi connectivity index (χ4n) is 1.89. The molecule has 0 spiro atoms. The molecule has 0 amide bonds. The van der Waals surface area contributed by atoms with Gasteiger partial charge in [0.25, 0.3) is 0 Å². The van der Waals surface area contributed by atoms with Gasteiger partial charge in [-0.15, -0.1) is 0 Å². The Morgan fingerprint density at radius 1 is 0.625 bits per heavy atom. The van der Waals surface area contributed by atoms with E-state index in [4.69, 9.17) is 9.11 Å². The molecule has 0 heterocycles. The van der Waals surface area contributed by atoms with E-state index in [9.17, 15) is 16.8 Å². The lowest BCUT2D eigenvalue weighted by Crippen LogP contribution is -1.93. The molecule has 2 aromatic rings. The molecule has 0 aliphatic heterocycles. The van der Waals surface area contributed by atoms with E-state index in [1.807, 2.05) is 0 Å². The van der Waals surface area contributed by atoms with E-state index < -0.39 is 20.2 Å². The molecular weight excluding hydrogens is 352 g/mol. The highest BCUT2D eigenvalue weighted by molar-refractivity contribution is 7.90. The summed E-state index contributed by atoms with van der Waals surface area (Å²) in [6.07, 6.45) is 0. The minimum absolute atomic E-state index is 0.302. The van der Waals surface area contributed by atoms with Crippen LogP contribution in [0.15, 0.2) is 48.5 Å². The highest BCUT2D eigenvalue weighted by Gasteiger charge is 2.08. The first-order valence-corrected chi connectivity index (χ1v) is 9.22. The van der Waals surface area contributed by atoms with Crippen LogP contribution in [0.2, 0.25) is 0 Å². The third kappa shape index (κ3) is 5.23. The first-order valence-electron chi connectivity index (χ1n) is 6.34.